The maximum absolute atomic E-state index is 9.06. The summed E-state index contributed by atoms with van der Waals surface area (Å²) >= 11 is 0. The van der Waals surface area contributed by atoms with E-state index in [1.54, 1.807) is 0 Å². The van der Waals surface area contributed by atoms with Crippen molar-refractivity contribution in [3.05, 3.63) is 12.7 Å². The third kappa shape index (κ3) is 2.86. The molecule has 0 bridgehead atoms. The fraction of sp³-hybridized carbons (Fsp3) is 0.750. The van der Waals surface area contributed by atoms with Gasteiger partial charge in [-0.1, -0.05) is 45.9 Å². The van der Waals surface area contributed by atoms with Crippen LogP contribution >= 0.6 is 0 Å². The highest BCUT2D eigenvalue weighted by atomic mass is 16.4. The number of rotatable bonds is 5. The number of nitrogens with zero attached hydrogens (tertiary/aromatic N) is 1. The third-order valence-electron chi connectivity index (χ3n) is 3.20. The smallest absolute Gasteiger partial charge is 0.0660 e. The predicted octanol–water partition coefficient (Wildman–Crippen LogP) is 3.71. The Hall–Kier alpha value is -0.790. The molecule has 0 heterocycles. The molecule has 0 aromatic carbocycles. The molecule has 82 valence electrons. The zero-order chi connectivity index (χ0) is 11.4. The molecule has 0 aliphatic heterocycles. The van der Waals surface area contributed by atoms with Crippen LogP contribution in [0.1, 0.15) is 41.0 Å². The molecule has 1 unspecified atom stereocenters. The lowest BCUT2D eigenvalue weighted by atomic mass is 9.72. The molecule has 0 saturated carbocycles. The molecule has 0 radical (unpaired) electrons. The highest BCUT2D eigenvalue weighted by Gasteiger charge is 2.32. The minimum atomic E-state index is -0.0584. The molecule has 0 rings (SSSR count). The first-order chi connectivity index (χ1) is 6.37. The van der Waals surface area contributed by atoms with Crippen LogP contribution in [0.15, 0.2) is 17.8 Å². The van der Waals surface area contributed by atoms with E-state index in [1.165, 1.54) is 0 Å². The van der Waals surface area contributed by atoms with Gasteiger partial charge < -0.3 is 5.21 Å². The Bertz CT molecular complexity index is 216. The summed E-state index contributed by atoms with van der Waals surface area (Å²) in [7, 11) is 0. The second-order valence-corrected chi connectivity index (χ2v) is 4.79. The number of oxime groups is 1. The summed E-state index contributed by atoms with van der Waals surface area (Å²) in [5, 5.41) is 12.5. The average Bonchev–Trinajstić information content (AvgIpc) is 2.04. The first-order valence-corrected chi connectivity index (χ1v) is 5.21. The van der Waals surface area contributed by atoms with Crippen LogP contribution in [0, 0.1) is 17.3 Å². The predicted molar refractivity (Wildman–Crippen MR) is 61.8 cm³/mol. The van der Waals surface area contributed by atoms with Gasteiger partial charge in [-0.25, -0.2) is 0 Å². The highest BCUT2D eigenvalue weighted by Crippen LogP contribution is 2.32. The fourth-order valence-corrected chi connectivity index (χ4v) is 1.52. The first-order valence-electron chi connectivity index (χ1n) is 5.21. The summed E-state index contributed by atoms with van der Waals surface area (Å²) in [6, 6.07) is 0. The molecule has 0 aromatic rings. The Morgan fingerprint density at radius 2 is 1.93 bits per heavy atom. The molecule has 1 atom stereocenters. The molecule has 2 nitrogen and oxygen atoms in total. The van der Waals surface area contributed by atoms with Crippen molar-refractivity contribution < 1.29 is 5.21 Å². The van der Waals surface area contributed by atoms with Crippen molar-refractivity contribution >= 4 is 5.71 Å². The number of hydrogen-bond donors (Lipinski definition) is 1. The van der Waals surface area contributed by atoms with Crippen molar-refractivity contribution in [3.63, 3.8) is 0 Å². The molecule has 1 N–H and O–H groups in total. The topological polar surface area (TPSA) is 32.6 Å². The van der Waals surface area contributed by atoms with Gasteiger partial charge in [0.05, 0.1) is 5.71 Å². The van der Waals surface area contributed by atoms with Gasteiger partial charge in [-0.05, 0) is 12.3 Å². The van der Waals surface area contributed by atoms with Gasteiger partial charge in [-0.3, -0.25) is 0 Å². The van der Waals surface area contributed by atoms with Crippen LogP contribution in [0.2, 0.25) is 0 Å². The number of hydrogen-bond acceptors (Lipinski definition) is 2. The lowest BCUT2D eigenvalue weighted by Gasteiger charge is -2.32. The maximum Gasteiger partial charge on any atom is 0.0660 e. The molecule has 0 aliphatic carbocycles. The normalized spacial score (nSPS) is 15.7. The second kappa shape index (κ2) is 5.18. The molecule has 0 fully saturated rings. The van der Waals surface area contributed by atoms with E-state index >= 15 is 0 Å². The van der Waals surface area contributed by atoms with Crippen molar-refractivity contribution in [2.24, 2.45) is 22.4 Å². The van der Waals surface area contributed by atoms with Gasteiger partial charge in [-0.2, -0.15) is 0 Å². The molecule has 2 heteroatoms. The first kappa shape index (κ1) is 13.2. The summed E-state index contributed by atoms with van der Waals surface area (Å²) in [5.41, 5.74) is 0.810. The van der Waals surface area contributed by atoms with E-state index in [1.807, 2.05) is 6.08 Å². The van der Waals surface area contributed by atoms with E-state index in [2.05, 4.69) is 46.4 Å². The van der Waals surface area contributed by atoms with Gasteiger partial charge in [0.1, 0.15) is 0 Å². The zero-order valence-corrected chi connectivity index (χ0v) is 10.0. The van der Waals surface area contributed by atoms with E-state index in [0.717, 1.165) is 12.1 Å². The van der Waals surface area contributed by atoms with Gasteiger partial charge in [0.2, 0.25) is 0 Å². The van der Waals surface area contributed by atoms with Crippen molar-refractivity contribution in [1.29, 1.82) is 0 Å². The van der Waals surface area contributed by atoms with Gasteiger partial charge >= 0.3 is 0 Å². The second-order valence-electron chi connectivity index (χ2n) is 4.79. The monoisotopic (exact) mass is 197 g/mol. The SMILES string of the molecule is C=CCC(C)/C(=N\O)C(C)(C)C(C)C. The third-order valence-corrected chi connectivity index (χ3v) is 3.20. The molecule has 0 aromatic heterocycles. The Morgan fingerprint density at radius 3 is 2.21 bits per heavy atom. The zero-order valence-electron chi connectivity index (χ0n) is 10.0. The Morgan fingerprint density at radius 1 is 1.43 bits per heavy atom. The lowest BCUT2D eigenvalue weighted by molar-refractivity contribution is 0.282. The summed E-state index contributed by atoms with van der Waals surface area (Å²) in [6.45, 7) is 14.3. The van der Waals surface area contributed by atoms with Crippen molar-refractivity contribution in [3.8, 4) is 0 Å². The van der Waals surface area contributed by atoms with E-state index in [0.29, 0.717) is 5.92 Å². The summed E-state index contributed by atoms with van der Waals surface area (Å²) < 4.78 is 0. The molecular weight excluding hydrogens is 174 g/mol. The fourth-order valence-electron chi connectivity index (χ4n) is 1.52. The van der Waals surface area contributed by atoms with Crippen LogP contribution in [0.3, 0.4) is 0 Å². The average molecular weight is 197 g/mol. The maximum atomic E-state index is 9.06. The molecule has 0 aliphatic rings. The minimum absolute atomic E-state index is 0.0584. The van der Waals surface area contributed by atoms with Gasteiger partial charge in [0.15, 0.2) is 0 Å². The summed E-state index contributed by atoms with van der Waals surface area (Å²) in [4.78, 5) is 0. The Labute approximate surface area is 87.7 Å². The quantitative estimate of drug-likeness (QED) is 0.310. The Balaban J connectivity index is 4.81. The van der Waals surface area contributed by atoms with E-state index in [4.69, 9.17) is 5.21 Å². The molecule has 0 spiro atoms. The Kier molecular flexibility index (Phi) is 4.89. The van der Waals surface area contributed by atoms with Crippen LogP contribution < -0.4 is 0 Å². The van der Waals surface area contributed by atoms with Crippen LogP contribution in [0.25, 0.3) is 0 Å². The number of allylic oxidation sites excluding steroid dienone is 1. The van der Waals surface area contributed by atoms with Crippen LogP contribution in [0.5, 0.6) is 0 Å². The van der Waals surface area contributed by atoms with E-state index in [9.17, 15) is 0 Å². The van der Waals surface area contributed by atoms with E-state index < -0.39 is 0 Å². The standard InChI is InChI=1S/C12H23NO/c1-7-8-10(4)11(13-14)12(5,6)9(2)3/h7,9-10,14H,1,8H2,2-6H3/b13-11+. The molecule has 0 saturated heterocycles. The van der Waals surface area contributed by atoms with Crippen molar-refractivity contribution in [2.75, 3.05) is 0 Å². The van der Waals surface area contributed by atoms with Crippen LogP contribution in [-0.4, -0.2) is 10.9 Å². The molecular formula is C12H23NO. The van der Waals surface area contributed by atoms with Crippen LogP contribution in [-0.2, 0) is 0 Å². The highest BCUT2D eigenvalue weighted by molar-refractivity contribution is 5.91. The minimum Gasteiger partial charge on any atom is -0.411 e. The van der Waals surface area contributed by atoms with Crippen LogP contribution in [0.4, 0.5) is 0 Å². The van der Waals surface area contributed by atoms with Crippen molar-refractivity contribution in [2.45, 2.75) is 41.0 Å². The largest absolute Gasteiger partial charge is 0.411 e. The van der Waals surface area contributed by atoms with Gasteiger partial charge in [0.25, 0.3) is 0 Å². The van der Waals surface area contributed by atoms with E-state index in [-0.39, 0.29) is 11.3 Å². The summed E-state index contributed by atoms with van der Waals surface area (Å²) in [5.74, 6) is 0.718. The lowest BCUT2D eigenvalue weighted by Crippen LogP contribution is -2.34. The molecule has 14 heavy (non-hydrogen) atoms. The molecule has 0 amide bonds. The van der Waals surface area contributed by atoms with Crippen molar-refractivity contribution in [1.82, 2.24) is 0 Å². The van der Waals surface area contributed by atoms with Gasteiger partial charge in [-0.15, -0.1) is 6.58 Å². The van der Waals surface area contributed by atoms with Gasteiger partial charge in [0, 0.05) is 11.3 Å². The summed E-state index contributed by atoms with van der Waals surface area (Å²) in [6.07, 6.45) is 2.72.